The van der Waals surface area contributed by atoms with Crippen molar-refractivity contribution in [3.05, 3.63) is 33.9 Å². The average Bonchev–Trinajstić information content (AvgIpc) is 2.15. The molecular formula is C8H9ClN2O4. The van der Waals surface area contributed by atoms with Crippen molar-refractivity contribution in [1.82, 2.24) is 0 Å². The molecule has 0 saturated heterocycles. The molecule has 0 aliphatic heterocycles. The van der Waals surface area contributed by atoms with Gasteiger partial charge in [-0.05, 0) is 12.1 Å². The molecule has 0 aliphatic rings. The number of halogens is 1. The molecule has 0 spiro atoms. The Hall–Kier alpha value is -1.82. The smallest absolute Gasteiger partial charge is 0.337 e. The lowest BCUT2D eigenvalue weighted by molar-refractivity contribution is -0.383. The van der Waals surface area contributed by atoms with Gasteiger partial charge < -0.3 is 10.5 Å². The van der Waals surface area contributed by atoms with Crippen molar-refractivity contribution in [2.24, 2.45) is 0 Å². The predicted octanol–water partition coefficient (Wildman–Crippen LogP) is 1.39. The number of nitrogens with two attached hydrogens (primary N) is 1. The van der Waals surface area contributed by atoms with E-state index in [-0.39, 0.29) is 29.3 Å². The van der Waals surface area contributed by atoms with Crippen LogP contribution >= 0.6 is 12.4 Å². The zero-order chi connectivity index (χ0) is 10.7. The van der Waals surface area contributed by atoms with Gasteiger partial charge in [0.15, 0.2) is 0 Å². The summed E-state index contributed by atoms with van der Waals surface area (Å²) in [6.07, 6.45) is 0. The van der Waals surface area contributed by atoms with Crippen molar-refractivity contribution in [2.75, 3.05) is 12.8 Å². The number of nitro groups is 1. The van der Waals surface area contributed by atoms with Gasteiger partial charge in [-0.3, -0.25) is 10.1 Å². The van der Waals surface area contributed by atoms with E-state index in [1.165, 1.54) is 25.3 Å². The predicted molar refractivity (Wildman–Crippen MR) is 56.1 cm³/mol. The van der Waals surface area contributed by atoms with Crippen molar-refractivity contribution in [2.45, 2.75) is 0 Å². The summed E-state index contributed by atoms with van der Waals surface area (Å²) in [6, 6.07) is 3.67. The highest BCUT2D eigenvalue weighted by Gasteiger charge is 2.14. The number of nitrogens with zero attached hydrogens (tertiary/aromatic N) is 1. The number of rotatable bonds is 2. The van der Waals surface area contributed by atoms with Gasteiger partial charge in [0.2, 0.25) is 0 Å². The molecule has 1 aromatic carbocycles. The van der Waals surface area contributed by atoms with E-state index in [9.17, 15) is 14.9 Å². The van der Waals surface area contributed by atoms with Crippen LogP contribution in [0.15, 0.2) is 18.2 Å². The molecule has 0 aliphatic carbocycles. The van der Waals surface area contributed by atoms with E-state index in [4.69, 9.17) is 5.73 Å². The van der Waals surface area contributed by atoms with Crippen LogP contribution in [-0.4, -0.2) is 18.0 Å². The topological polar surface area (TPSA) is 95.5 Å². The highest BCUT2D eigenvalue weighted by molar-refractivity contribution is 5.91. The van der Waals surface area contributed by atoms with Gasteiger partial charge in [-0.1, -0.05) is 0 Å². The standard InChI is InChI=1S/C8H8N2O4.ClH/c1-14-8(11)5-2-3-7(10(12)13)6(9)4-5;/h2-4H,9H2,1H3;1H. The highest BCUT2D eigenvalue weighted by atomic mass is 35.5. The molecule has 1 aromatic rings. The molecule has 0 saturated carbocycles. The van der Waals surface area contributed by atoms with Crippen LogP contribution in [0.2, 0.25) is 0 Å². The highest BCUT2D eigenvalue weighted by Crippen LogP contribution is 2.22. The van der Waals surface area contributed by atoms with Crippen LogP contribution in [0.1, 0.15) is 10.4 Å². The Labute approximate surface area is 91.6 Å². The normalized spacial score (nSPS) is 8.87. The molecule has 2 N–H and O–H groups in total. The van der Waals surface area contributed by atoms with Crippen molar-refractivity contribution < 1.29 is 14.5 Å². The molecule has 0 amide bonds. The first-order chi connectivity index (χ1) is 6.56. The lowest BCUT2D eigenvalue weighted by atomic mass is 10.2. The van der Waals surface area contributed by atoms with Crippen LogP contribution in [-0.2, 0) is 4.74 Å². The zero-order valence-electron chi connectivity index (χ0n) is 7.80. The minimum atomic E-state index is -0.615. The molecule has 0 radical (unpaired) electrons. The first-order valence-corrected chi connectivity index (χ1v) is 3.68. The lowest BCUT2D eigenvalue weighted by Gasteiger charge is -2.00. The largest absolute Gasteiger partial charge is 0.465 e. The van der Waals surface area contributed by atoms with Gasteiger partial charge in [-0.25, -0.2) is 4.79 Å². The lowest BCUT2D eigenvalue weighted by Crippen LogP contribution is -2.03. The number of anilines is 1. The Morgan fingerprint density at radius 3 is 2.53 bits per heavy atom. The molecule has 0 fully saturated rings. The number of carbonyl (C=O) groups excluding carboxylic acids is 1. The minimum Gasteiger partial charge on any atom is -0.465 e. The van der Waals surface area contributed by atoms with Crippen LogP contribution in [0, 0.1) is 10.1 Å². The Morgan fingerprint density at radius 2 is 2.13 bits per heavy atom. The molecule has 0 bridgehead atoms. The van der Waals surface area contributed by atoms with E-state index >= 15 is 0 Å². The third-order valence-electron chi connectivity index (χ3n) is 1.65. The average molecular weight is 233 g/mol. The first kappa shape index (κ1) is 13.2. The maximum absolute atomic E-state index is 11.0. The zero-order valence-corrected chi connectivity index (χ0v) is 8.61. The summed E-state index contributed by atoms with van der Waals surface area (Å²) in [5.74, 6) is -0.577. The van der Waals surface area contributed by atoms with Crippen molar-refractivity contribution >= 4 is 29.8 Å². The Morgan fingerprint density at radius 1 is 1.53 bits per heavy atom. The maximum Gasteiger partial charge on any atom is 0.337 e. The molecule has 1 rings (SSSR count). The Bertz CT molecular complexity index is 394. The van der Waals surface area contributed by atoms with Gasteiger partial charge in [-0.15, -0.1) is 12.4 Å². The molecule has 0 heterocycles. The van der Waals surface area contributed by atoms with Crippen molar-refractivity contribution in [1.29, 1.82) is 0 Å². The SMILES string of the molecule is COC(=O)c1ccc([N+](=O)[O-])c(N)c1.Cl. The summed E-state index contributed by atoms with van der Waals surface area (Å²) in [5.41, 5.74) is 5.27. The van der Waals surface area contributed by atoms with Gasteiger partial charge in [0.1, 0.15) is 5.69 Å². The van der Waals surface area contributed by atoms with Gasteiger partial charge in [-0.2, -0.15) is 0 Å². The number of hydrogen-bond acceptors (Lipinski definition) is 5. The van der Waals surface area contributed by atoms with Crippen LogP contribution < -0.4 is 5.73 Å². The molecule has 15 heavy (non-hydrogen) atoms. The van der Waals surface area contributed by atoms with E-state index in [1.807, 2.05) is 0 Å². The molecule has 0 unspecified atom stereocenters. The molecule has 6 nitrogen and oxygen atoms in total. The third kappa shape index (κ3) is 2.81. The van der Waals surface area contributed by atoms with Gasteiger partial charge in [0.25, 0.3) is 5.69 Å². The summed E-state index contributed by atoms with van der Waals surface area (Å²) < 4.78 is 4.43. The molecule has 0 atom stereocenters. The monoisotopic (exact) mass is 232 g/mol. The Balaban J connectivity index is 0.00000196. The summed E-state index contributed by atoms with van der Waals surface area (Å²) in [7, 11) is 1.22. The Kier molecular flexibility index (Phi) is 4.53. The second kappa shape index (κ2) is 5.16. The molecule has 7 heteroatoms. The number of benzene rings is 1. The van der Waals surface area contributed by atoms with E-state index < -0.39 is 10.9 Å². The van der Waals surface area contributed by atoms with Gasteiger partial charge in [0.05, 0.1) is 17.6 Å². The minimum absolute atomic E-state index is 0. The summed E-state index contributed by atoms with van der Waals surface area (Å²) in [5, 5.41) is 10.4. The fourth-order valence-corrected chi connectivity index (χ4v) is 0.966. The fourth-order valence-electron chi connectivity index (χ4n) is 0.966. The number of nitro benzene ring substituents is 1. The van der Waals surface area contributed by atoms with E-state index in [2.05, 4.69) is 4.74 Å². The first-order valence-electron chi connectivity index (χ1n) is 3.68. The van der Waals surface area contributed by atoms with E-state index in [1.54, 1.807) is 0 Å². The maximum atomic E-state index is 11.0. The van der Waals surface area contributed by atoms with Crippen LogP contribution in [0.3, 0.4) is 0 Å². The van der Waals surface area contributed by atoms with Gasteiger partial charge in [0, 0.05) is 6.07 Å². The number of esters is 1. The molecular weight excluding hydrogens is 224 g/mol. The quantitative estimate of drug-likeness (QED) is 0.360. The molecule has 0 aromatic heterocycles. The summed E-state index contributed by atoms with van der Waals surface area (Å²) >= 11 is 0. The molecule has 82 valence electrons. The second-order valence-electron chi connectivity index (χ2n) is 2.52. The van der Waals surface area contributed by atoms with Crippen LogP contribution in [0.5, 0.6) is 0 Å². The van der Waals surface area contributed by atoms with Crippen molar-refractivity contribution in [3.8, 4) is 0 Å². The van der Waals surface area contributed by atoms with Crippen molar-refractivity contribution in [3.63, 3.8) is 0 Å². The number of nitrogen functional groups attached to an aromatic ring is 1. The van der Waals surface area contributed by atoms with Crippen LogP contribution in [0.4, 0.5) is 11.4 Å². The number of carbonyl (C=O) groups is 1. The third-order valence-corrected chi connectivity index (χ3v) is 1.65. The summed E-state index contributed by atoms with van der Waals surface area (Å²) in [6.45, 7) is 0. The fraction of sp³-hybridized carbons (Fsp3) is 0.125. The number of hydrogen-bond donors (Lipinski definition) is 1. The second-order valence-corrected chi connectivity index (χ2v) is 2.52. The van der Waals surface area contributed by atoms with E-state index in [0.717, 1.165) is 0 Å². The summed E-state index contributed by atoms with van der Waals surface area (Å²) in [4.78, 5) is 20.8. The number of ether oxygens (including phenoxy) is 1. The number of methoxy groups -OCH3 is 1. The van der Waals surface area contributed by atoms with E-state index in [0.29, 0.717) is 0 Å². The van der Waals surface area contributed by atoms with Crippen LogP contribution in [0.25, 0.3) is 0 Å². The van der Waals surface area contributed by atoms with Gasteiger partial charge >= 0.3 is 5.97 Å².